The van der Waals surface area contributed by atoms with Crippen molar-refractivity contribution in [2.24, 2.45) is 0 Å². The Bertz CT molecular complexity index is 409. The van der Waals surface area contributed by atoms with E-state index in [2.05, 4.69) is 9.80 Å². The van der Waals surface area contributed by atoms with Gasteiger partial charge in [0.1, 0.15) is 5.82 Å². The molecule has 0 radical (unpaired) electrons. The Kier molecular flexibility index (Phi) is 5.76. The number of para-hydroxylation sites is 1. The second-order valence-electron chi connectivity index (χ2n) is 5.05. The summed E-state index contributed by atoms with van der Waals surface area (Å²) in [5.41, 5.74) is 0.669. The lowest BCUT2D eigenvalue weighted by atomic mass is 10.2. The molecule has 1 aromatic carbocycles. The molecule has 5 heteroatoms. The van der Waals surface area contributed by atoms with Crippen LogP contribution in [0, 0.1) is 5.82 Å². The molecule has 2 rings (SSSR count). The summed E-state index contributed by atoms with van der Waals surface area (Å²) < 4.78 is 18.9. The summed E-state index contributed by atoms with van der Waals surface area (Å²) in [6.45, 7) is 6.76. The molecule has 112 valence electrons. The van der Waals surface area contributed by atoms with Crippen LogP contribution in [0.25, 0.3) is 0 Å². The van der Waals surface area contributed by atoms with Gasteiger partial charge in [0.25, 0.3) is 0 Å². The van der Waals surface area contributed by atoms with Crippen molar-refractivity contribution in [3.05, 3.63) is 30.1 Å². The molecule has 1 aliphatic rings. The molecule has 0 aromatic heterocycles. The highest BCUT2D eigenvalue weighted by molar-refractivity contribution is 5.47. The number of piperazine rings is 1. The Balaban J connectivity index is 1.79. The molecule has 0 spiro atoms. The van der Waals surface area contributed by atoms with Gasteiger partial charge in [0.15, 0.2) is 0 Å². The van der Waals surface area contributed by atoms with E-state index in [0.717, 1.165) is 26.2 Å². The molecule has 1 heterocycles. The average molecular weight is 282 g/mol. The molecule has 1 saturated heterocycles. The van der Waals surface area contributed by atoms with Crippen LogP contribution in [0.3, 0.4) is 0 Å². The zero-order valence-corrected chi connectivity index (χ0v) is 12.0. The van der Waals surface area contributed by atoms with Gasteiger partial charge in [0, 0.05) is 39.3 Å². The molecule has 1 aromatic rings. The van der Waals surface area contributed by atoms with E-state index >= 15 is 0 Å². The third-order valence-corrected chi connectivity index (χ3v) is 3.55. The van der Waals surface area contributed by atoms with E-state index < -0.39 is 6.10 Å². The Morgan fingerprint density at radius 2 is 1.95 bits per heavy atom. The molecule has 1 aliphatic heterocycles. The second kappa shape index (κ2) is 7.57. The Labute approximate surface area is 119 Å². The second-order valence-corrected chi connectivity index (χ2v) is 5.05. The highest BCUT2D eigenvalue weighted by Crippen LogP contribution is 2.20. The van der Waals surface area contributed by atoms with Crippen LogP contribution in [-0.4, -0.2) is 62.0 Å². The van der Waals surface area contributed by atoms with Crippen molar-refractivity contribution in [3.63, 3.8) is 0 Å². The maximum Gasteiger partial charge on any atom is 0.146 e. The number of aliphatic hydroxyl groups is 1. The first-order chi connectivity index (χ1) is 9.70. The van der Waals surface area contributed by atoms with E-state index in [1.165, 1.54) is 6.07 Å². The van der Waals surface area contributed by atoms with Crippen LogP contribution in [-0.2, 0) is 4.74 Å². The molecule has 0 bridgehead atoms. The summed E-state index contributed by atoms with van der Waals surface area (Å²) in [4.78, 5) is 4.25. The summed E-state index contributed by atoms with van der Waals surface area (Å²) in [6.07, 6.45) is -0.449. The summed E-state index contributed by atoms with van der Waals surface area (Å²) in [5, 5.41) is 9.82. The first-order valence-electron chi connectivity index (χ1n) is 7.18. The number of hydrogen-bond acceptors (Lipinski definition) is 4. The summed E-state index contributed by atoms with van der Waals surface area (Å²) in [6, 6.07) is 6.87. The molecule has 0 saturated carbocycles. The van der Waals surface area contributed by atoms with Crippen molar-refractivity contribution in [1.29, 1.82) is 0 Å². The van der Waals surface area contributed by atoms with Crippen LogP contribution in [0.4, 0.5) is 10.1 Å². The largest absolute Gasteiger partial charge is 0.389 e. The number of β-amino-alcohol motifs (C(OH)–C–C–N with tert-alkyl or cyclic N) is 1. The maximum absolute atomic E-state index is 13.7. The van der Waals surface area contributed by atoms with E-state index in [1.807, 2.05) is 19.1 Å². The number of anilines is 1. The van der Waals surface area contributed by atoms with Gasteiger partial charge < -0.3 is 14.7 Å². The smallest absolute Gasteiger partial charge is 0.146 e. The number of aliphatic hydroxyl groups excluding tert-OH is 1. The minimum absolute atomic E-state index is 0.169. The SMILES string of the molecule is CCOCC(O)CN1CCN(c2ccccc2F)CC1. The Morgan fingerprint density at radius 3 is 2.60 bits per heavy atom. The highest BCUT2D eigenvalue weighted by Gasteiger charge is 2.20. The van der Waals surface area contributed by atoms with Gasteiger partial charge in [0.05, 0.1) is 18.4 Å². The summed E-state index contributed by atoms with van der Waals surface area (Å²) in [7, 11) is 0. The van der Waals surface area contributed by atoms with Gasteiger partial charge in [-0.15, -0.1) is 0 Å². The lowest BCUT2D eigenvalue weighted by Crippen LogP contribution is -2.49. The van der Waals surface area contributed by atoms with E-state index in [0.29, 0.717) is 25.4 Å². The highest BCUT2D eigenvalue weighted by atomic mass is 19.1. The number of hydrogen-bond donors (Lipinski definition) is 1. The minimum Gasteiger partial charge on any atom is -0.389 e. The lowest BCUT2D eigenvalue weighted by Gasteiger charge is -2.36. The van der Waals surface area contributed by atoms with E-state index in [1.54, 1.807) is 6.07 Å². The van der Waals surface area contributed by atoms with Gasteiger partial charge in [-0.3, -0.25) is 4.90 Å². The summed E-state index contributed by atoms with van der Waals surface area (Å²) >= 11 is 0. The lowest BCUT2D eigenvalue weighted by molar-refractivity contribution is 0.0202. The molecule has 1 N–H and O–H groups in total. The van der Waals surface area contributed by atoms with Crippen LogP contribution in [0.5, 0.6) is 0 Å². The molecule has 0 aliphatic carbocycles. The fraction of sp³-hybridized carbons (Fsp3) is 0.600. The van der Waals surface area contributed by atoms with Crippen molar-refractivity contribution >= 4 is 5.69 Å². The van der Waals surface area contributed by atoms with Gasteiger partial charge in [-0.2, -0.15) is 0 Å². The third kappa shape index (κ3) is 4.16. The molecule has 4 nitrogen and oxygen atoms in total. The number of nitrogens with zero attached hydrogens (tertiary/aromatic N) is 2. The minimum atomic E-state index is -0.449. The molecule has 0 amide bonds. The Hall–Kier alpha value is -1.17. The molecule has 1 atom stereocenters. The zero-order valence-electron chi connectivity index (χ0n) is 12.0. The monoisotopic (exact) mass is 282 g/mol. The number of rotatable bonds is 6. The van der Waals surface area contributed by atoms with Gasteiger partial charge in [0.2, 0.25) is 0 Å². The van der Waals surface area contributed by atoms with Crippen LogP contribution in [0.15, 0.2) is 24.3 Å². The molecule has 20 heavy (non-hydrogen) atoms. The maximum atomic E-state index is 13.7. The molecular weight excluding hydrogens is 259 g/mol. The van der Waals surface area contributed by atoms with E-state index in [9.17, 15) is 9.50 Å². The number of benzene rings is 1. The molecule has 1 unspecified atom stereocenters. The van der Waals surface area contributed by atoms with Gasteiger partial charge in [-0.05, 0) is 19.1 Å². The predicted molar refractivity (Wildman–Crippen MR) is 77.6 cm³/mol. The van der Waals surface area contributed by atoms with Gasteiger partial charge >= 0.3 is 0 Å². The predicted octanol–water partition coefficient (Wildman–Crippen LogP) is 1.35. The zero-order chi connectivity index (χ0) is 14.4. The van der Waals surface area contributed by atoms with Crippen molar-refractivity contribution in [1.82, 2.24) is 4.90 Å². The van der Waals surface area contributed by atoms with E-state index in [4.69, 9.17) is 4.74 Å². The van der Waals surface area contributed by atoms with Gasteiger partial charge in [-0.25, -0.2) is 4.39 Å². The van der Waals surface area contributed by atoms with Crippen molar-refractivity contribution in [3.8, 4) is 0 Å². The Morgan fingerprint density at radius 1 is 1.25 bits per heavy atom. The standard InChI is InChI=1S/C15H23FN2O2/c1-2-20-12-13(19)11-17-7-9-18(10-8-17)15-6-4-3-5-14(15)16/h3-6,13,19H,2,7-12H2,1H3. The van der Waals surface area contributed by atoms with Crippen LogP contribution in [0.2, 0.25) is 0 Å². The van der Waals surface area contributed by atoms with E-state index in [-0.39, 0.29) is 5.82 Å². The van der Waals surface area contributed by atoms with Crippen LogP contribution in [0.1, 0.15) is 6.92 Å². The average Bonchev–Trinajstić information content (AvgIpc) is 2.47. The normalized spacial score (nSPS) is 18.2. The first-order valence-corrected chi connectivity index (χ1v) is 7.18. The molecular formula is C15H23FN2O2. The third-order valence-electron chi connectivity index (χ3n) is 3.55. The quantitative estimate of drug-likeness (QED) is 0.854. The van der Waals surface area contributed by atoms with Crippen molar-refractivity contribution in [2.75, 3.05) is 50.8 Å². The first kappa shape index (κ1) is 15.2. The number of ether oxygens (including phenoxy) is 1. The van der Waals surface area contributed by atoms with Crippen molar-refractivity contribution in [2.45, 2.75) is 13.0 Å². The molecule has 1 fully saturated rings. The van der Waals surface area contributed by atoms with Crippen molar-refractivity contribution < 1.29 is 14.2 Å². The van der Waals surface area contributed by atoms with Crippen LogP contribution >= 0.6 is 0 Å². The summed E-state index contributed by atoms with van der Waals surface area (Å²) in [5.74, 6) is -0.169. The fourth-order valence-electron chi connectivity index (χ4n) is 2.48. The van der Waals surface area contributed by atoms with Crippen LogP contribution < -0.4 is 4.90 Å². The van der Waals surface area contributed by atoms with Gasteiger partial charge in [-0.1, -0.05) is 12.1 Å². The number of halogens is 1. The topological polar surface area (TPSA) is 35.9 Å². The fourth-order valence-corrected chi connectivity index (χ4v) is 2.48.